The van der Waals surface area contributed by atoms with Gasteiger partial charge in [0.2, 0.25) is 5.06 Å². The topological polar surface area (TPSA) is 15.7 Å². The number of anilines is 2. The fourth-order valence-electron chi connectivity index (χ4n) is 4.27. The lowest BCUT2D eigenvalue weighted by Crippen LogP contribution is -2.43. The SMILES string of the molecule is CN(CCC[N+](C)(C)CCS)c1ccc(/C=C/C23OCCN2c2ccccc2S3)cc1.CSC. The van der Waals surface area contributed by atoms with E-state index < -0.39 is 5.06 Å². The average Bonchev–Trinajstić information content (AvgIpc) is 3.35. The number of thioether (sulfide) groups is 2. The second kappa shape index (κ2) is 12.6. The molecule has 1 fully saturated rings. The second-order valence-corrected chi connectivity index (χ2v) is 11.9. The van der Waals surface area contributed by atoms with Crippen molar-refractivity contribution in [3.05, 3.63) is 60.2 Å². The van der Waals surface area contributed by atoms with Crippen LogP contribution in [0.1, 0.15) is 12.0 Å². The van der Waals surface area contributed by atoms with E-state index in [2.05, 4.69) is 104 Å². The van der Waals surface area contributed by atoms with Gasteiger partial charge in [-0.15, -0.1) is 0 Å². The lowest BCUT2D eigenvalue weighted by atomic mass is 10.1. The molecule has 1 unspecified atom stereocenters. The van der Waals surface area contributed by atoms with Crippen LogP contribution in [0.2, 0.25) is 0 Å². The quantitative estimate of drug-likeness (QED) is 0.332. The molecule has 0 saturated carbocycles. The van der Waals surface area contributed by atoms with E-state index in [0.29, 0.717) is 0 Å². The van der Waals surface area contributed by atoms with Crippen LogP contribution >= 0.6 is 36.2 Å². The van der Waals surface area contributed by atoms with Gasteiger partial charge in [-0.2, -0.15) is 24.4 Å². The molecule has 0 amide bonds. The number of ether oxygens (including phenoxy) is 1. The van der Waals surface area contributed by atoms with Gasteiger partial charge in [0, 0.05) is 42.9 Å². The standard InChI is InChI=1S/C25H33N3OS2.C2H6S/c1-26(15-6-17-28(2,3)18-20-30)22-11-9-21(10-12-22)13-14-25-27(16-19-29-25)23-7-4-5-8-24(23)31-25;1-3-2/h4-5,7-14H,6,15-20H2,1-3H3;1-2H3/p+1/b14-13+;. The fraction of sp³-hybridized carbons (Fsp3) is 0.481. The molecule has 1 atom stereocenters. The Bertz CT molecular complexity index is 935. The molecule has 4 rings (SSSR count). The van der Waals surface area contributed by atoms with E-state index in [1.165, 1.54) is 34.8 Å². The Hall–Kier alpha value is -1.25. The van der Waals surface area contributed by atoms with Crippen LogP contribution in [-0.2, 0) is 4.74 Å². The summed E-state index contributed by atoms with van der Waals surface area (Å²) in [5, 5.41) is -0.406. The molecule has 0 aromatic heterocycles. The maximum atomic E-state index is 6.21. The van der Waals surface area contributed by atoms with E-state index >= 15 is 0 Å². The number of hydrogen-bond acceptors (Lipinski definition) is 6. The molecule has 186 valence electrons. The molecular weight excluding hydrogens is 479 g/mol. The van der Waals surface area contributed by atoms with E-state index in [4.69, 9.17) is 4.74 Å². The minimum atomic E-state index is -0.406. The van der Waals surface area contributed by atoms with Crippen molar-refractivity contribution in [1.29, 1.82) is 0 Å². The van der Waals surface area contributed by atoms with Crippen molar-refractivity contribution in [2.75, 3.05) is 82.0 Å². The smallest absolute Gasteiger partial charge is 0.214 e. The summed E-state index contributed by atoms with van der Waals surface area (Å²) < 4.78 is 7.24. The zero-order valence-corrected chi connectivity index (χ0v) is 23.8. The van der Waals surface area contributed by atoms with Gasteiger partial charge in [0.1, 0.15) is 0 Å². The van der Waals surface area contributed by atoms with Gasteiger partial charge in [-0.1, -0.05) is 42.1 Å². The Morgan fingerprint density at radius 1 is 1.15 bits per heavy atom. The lowest BCUT2D eigenvalue weighted by molar-refractivity contribution is -0.887. The largest absolute Gasteiger partial charge is 0.374 e. The summed E-state index contributed by atoms with van der Waals surface area (Å²) in [5.41, 5.74) is 3.74. The highest BCUT2D eigenvalue weighted by Crippen LogP contribution is 2.53. The zero-order valence-electron chi connectivity index (χ0n) is 21.2. The van der Waals surface area contributed by atoms with Crippen LogP contribution in [0, 0.1) is 0 Å². The molecule has 1 saturated heterocycles. The molecule has 2 aliphatic rings. The third-order valence-electron chi connectivity index (χ3n) is 6.19. The Labute approximate surface area is 220 Å². The molecule has 34 heavy (non-hydrogen) atoms. The van der Waals surface area contributed by atoms with Gasteiger partial charge in [-0.3, -0.25) is 0 Å². The van der Waals surface area contributed by atoms with Crippen LogP contribution in [0.5, 0.6) is 0 Å². The summed E-state index contributed by atoms with van der Waals surface area (Å²) in [6, 6.07) is 17.4. The summed E-state index contributed by atoms with van der Waals surface area (Å²) in [6.45, 7) is 5.04. The highest BCUT2D eigenvalue weighted by Gasteiger charge is 2.47. The van der Waals surface area contributed by atoms with Crippen molar-refractivity contribution in [2.24, 2.45) is 0 Å². The van der Waals surface area contributed by atoms with E-state index in [9.17, 15) is 0 Å². The van der Waals surface area contributed by atoms with Crippen LogP contribution in [0.15, 0.2) is 59.5 Å². The van der Waals surface area contributed by atoms with Crippen molar-refractivity contribution in [3.63, 3.8) is 0 Å². The first-order valence-corrected chi connectivity index (χ1v) is 15.0. The number of para-hydroxylation sites is 1. The van der Waals surface area contributed by atoms with Gasteiger partial charge < -0.3 is 19.0 Å². The Balaban J connectivity index is 0.00000103. The van der Waals surface area contributed by atoms with Gasteiger partial charge in [-0.25, -0.2) is 0 Å². The predicted octanol–water partition coefficient (Wildman–Crippen LogP) is 5.81. The molecule has 4 nitrogen and oxygen atoms in total. The van der Waals surface area contributed by atoms with E-state index in [1.54, 1.807) is 23.5 Å². The molecule has 2 heterocycles. The van der Waals surface area contributed by atoms with Crippen molar-refractivity contribution in [2.45, 2.75) is 16.4 Å². The van der Waals surface area contributed by atoms with Gasteiger partial charge in [0.05, 0.1) is 39.5 Å². The van der Waals surface area contributed by atoms with E-state index in [0.717, 1.165) is 36.5 Å². The Kier molecular flexibility index (Phi) is 10.2. The number of hydrogen-bond donors (Lipinski definition) is 1. The lowest BCUT2D eigenvalue weighted by Gasteiger charge is -2.30. The van der Waals surface area contributed by atoms with Crippen molar-refractivity contribution in [1.82, 2.24) is 0 Å². The van der Waals surface area contributed by atoms with Gasteiger partial charge >= 0.3 is 0 Å². The predicted molar refractivity (Wildman–Crippen MR) is 157 cm³/mol. The number of benzene rings is 2. The molecule has 0 aliphatic carbocycles. The van der Waals surface area contributed by atoms with Crippen LogP contribution in [0.25, 0.3) is 6.08 Å². The monoisotopic (exact) mass is 518 g/mol. The maximum absolute atomic E-state index is 6.21. The number of quaternary nitrogens is 1. The molecule has 0 bridgehead atoms. The number of thiol groups is 1. The van der Waals surface area contributed by atoms with E-state index in [1.807, 2.05) is 12.5 Å². The minimum Gasteiger partial charge on any atom is -0.374 e. The maximum Gasteiger partial charge on any atom is 0.214 e. The Morgan fingerprint density at radius 3 is 2.56 bits per heavy atom. The van der Waals surface area contributed by atoms with Crippen LogP contribution in [0.3, 0.4) is 0 Å². The minimum absolute atomic E-state index is 0.406. The van der Waals surface area contributed by atoms with Crippen molar-refractivity contribution < 1.29 is 9.22 Å². The van der Waals surface area contributed by atoms with Crippen LogP contribution in [0.4, 0.5) is 11.4 Å². The average molecular weight is 519 g/mol. The van der Waals surface area contributed by atoms with Crippen molar-refractivity contribution >= 4 is 53.6 Å². The summed E-state index contributed by atoms with van der Waals surface area (Å²) in [4.78, 5) is 6.01. The molecule has 0 radical (unpaired) electrons. The number of rotatable bonds is 9. The first-order chi connectivity index (χ1) is 16.3. The highest BCUT2D eigenvalue weighted by atomic mass is 32.2. The fourth-order valence-corrected chi connectivity index (χ4v) is 6.14. The highest BCUT2D eigenvalue weighted by molar-refractivity contribution is 8.01. The first kappa shape index (κ1) is 27.3. The third-order valence-corrected chi connectivity index (χ3v) is 7.73. The number of nitrogens with zero attached hydrogens (tertiary/aromatic N) is 3. The van der Waals surface area contributed by atoms with Crippen LogP contribution in [-0.4, -0.2) is 81.7 Å². The molecular formula is C27H40N3OS3+. The molecule has 2 aromatic carbocycles. The van der Waals surface area contributed by atoms with Gasteiger partial charge in [0.25, 0.3) is 0 Å². The third kappa shape index (κ3) is 6.91. The zero-order chi connectivity index (χ0) is 24.6. The van der Waals surface area contributed by atoms with Crippen molar-refractivity contribution in [3.8, 4) is 0 Å². The second-order valence-electron chi connectivity index (χ2n) is 9.42. The summed E-state index contributed by atoms with van der Waals surface area (Å²) >= 11 is 7.93. The summed E-state index contributed by atoms with van der Waals surface area (Å²) in [6.07, 6.45) is 9.66. The summed E-state index contributed by atoms with van der Waals surface area (Å²) in [7, 11) is 6.75. The Morgan fingerprint density at radius 2 is 1.85 bits per heavy atom. The normalized spacial score (nSPS) is 19.1. The molecule has 0 spiro atoms. The van der Waals surface area contributed by atoms with Gasteiger partial charge in [0.15, 0.2) is 0 Å². The van der Waals surface area contributed by atoms with E-state index in [-0.39, 0.29) is 0 Å². The first-order valence-electron chi connectivity index (χ1n) is 11.9. The molecule has 2 aliphatic heterocycles. The summed E-state index contributed by atoms with van der Waals surface area (Å²) in [5.74, 6) is 0.937. The molecule has 0 N–H and O–H groups in total. The van der Waals surface area contributed by atoms with Gasteiger partial charge in [-0.05, 0) is 48.4 Å². The number of fused-ring (bicyclic) bond motifs is 3. The molecule has 2 aromatic rings. The molecule has 7 heteroatoms. The van der Waals surface area contributed by atoms with Crippen LogP contribution < -0.4 is 9.80 Å².